The fourth-order valence-corrected chi connectivity index (χ4v) is 9.84. The minimum absolute atomic E-state index is 1.09. The lowest BCUT2D eigenvalue weighted by atomic mass is 9.89. The summed E-state index contributed by atoms with van der Waals surface area (Å²) in [4.78, 5) is 2.41. The molecule has 0 saturated carbocycles. The van der Waals surface area contributed by atoms with Gasteiger partial charge in [0.2, 0.25) is 0 Å². The molecule has 1 nitrogen and oxygen atoms in total. The van der Waals surface area contributed by atoms with Gasteiger partial charge in [-0.1, -0.05) is 206 Å². The fourth-order valence-electron chi connectivity index (χ4n) is 9.84. The van der Waals surface area contributed by atoms with Crippen LogP contribution in [0, 0.1) is 0 Å². The van der Waals surface area contributed by atoms with Gasteiger partial charge in [0.1, 0.15) is 0 Å². The maximum absolute atomic E-state index is 2.41. The SMILES string of the molecule is c1ccc(-c2cccc(N(c3ccc(-c4cc5ccccc5c5ccccc45)cc3)c3ccc(-c4cccc5c4ccc4c6ccccc6ccc54)c(-c4ccccc4)c3)c2)cc1. The molecule has 0 amide bonds. The van der Waals surface area contributed by atoms with Crippen molar-refractivity contribution in [3.05, 3.63) is 249 Å². The van der Waals surface area contributed by atoms with E-state index in [4.69, 9.17) is 0 Å². The van der Waals surface area contributed by atoms with Crippen LogP contribution in [-0.4, -0.2) is 0 Å². The Morgan fingerprint density at radius 3 is 1.48 bits per heavy atom. The molecule has 0 aliphatic heterocycles. The Bertz CT molecular complexity index is 3660. The van der Waals surface area contributed by atoms with Crippen LogP contribution in [0.25, 0.3) is 98.4 Å². The maximum Gasteiger partial charge on any atom is 0.0468 e. The zero-order valence-corrected chi connectivity index (χ0v) is 34.6. The summed E-state index contributed by atoms with van der Waals surface area (Å²) in [5.74, 6) is 0. The normalized spacial score (nSPS) is 11.5. The molecule has 0 saturated heterocycles. The summed E-state index contributed by atoms with van der Waals surface area (Å²) in [5, 5.41) is 12.7. The van der Waals surface area contributed by atoms with Crippen LogP contribution in [0.5, 0.6) is 0 Å². The van der Waals surface area contributed by atoms with Crippen LogP contribution in [0.4, 0.5) is 17.1 Å². The summed E-state index contributed by atoms with van der Waals surface area (Å²) < 4.78 is 0. The molecule has 63 heavy (non-hydrogen) atoms. The predicted octanol–water partition coefficient (Wildman–Crippen LogP) is 17.6. The van der Waals surface area contributed by atoms with Crippen LogP contribution < -0.4 is 4.90 Å². The first kappa shape index (κ1) is 36.6. The third kappa shape index (κ3) is 6.42. The number of nitrogens with zero attached hydrogens (tertiary/aromatic N) is 1. The van der Waals surface area contributed by atoms with Gasteiger partial charge in [-0.15, -0.1) is 0 Å². The summed E-state index contributed by atoms with van der Waals surface area (Å²) in [6, 6.07) is 91.1. The molecule has 0 unspecified atom stereocenters. The summed E-state index contributed by atoms with van der Waals surface area (Å²) in [6.45, 7) is 0. The number of hydrogen-bond acceptors (Lipinski definition) is 1. The molecule has 0 fully saturated rings. The first-order valence-corrected chi connectivity index (χ1v) is 21.7. The highest BCUT2D eigenvalue weighted by Gasteiger charge is 2.19. The predicted molar refractivity (Wildman–Crippen MR) is 270 cm³/mol. The van der Waals surface area contributed by atoms with Gasteiger partial charge in [0, 0.05) is 17.1 Å². The molecule has 0 radical (unpaired) electrons. The Kier molecular flexibility index (Phi) is 8.90. The lowest BCUT2D eigenvalue weighted by Gasteiger charge is -2.28. The summed E-state index contributed by atoms with van der Waals surface area (Å²) in [6.07, 6.45) is 0. The highest BCUT2D eigenvalue weighted by molar-refractivity contribution is 6.20. The summed E-state index contributed by atoms with van der Waals surface area (Å²) in [7, 11) is 0. The van der Waals surface area contributed by atoms with E-state index in [1.54, 1.807) is 0 Å². The topological polar surface area (TPSA) is 3.24 Å². The molecule has 294 valence electrons. The number of benzene rings is 12. The Balaban J connectivity index is 1.04. The fraction of sp³-hybridized carbons (Fsp3) is 0. The molecule has 0 bridgehead atoms. The van der Waals surface area contributed by atoms with Crippen LogP contribution in [0.15, 0.2) is 249 Å². The van der Waals surface area contributed by atoms with Crippen LogP contribution in [0.3, 0.4) is 0 Å². The van der Waals surface area contributed by atoms with E-state index in [0.29, 0.717) is 0 Å². The molecular formula is C62H41N. The first-order chi connectivity index (χ1) is 31.2. The van der Waals surface area contributed by atoms with Gasteiger partial charge in [-0.3, -0.25) is 0 Å². The Hall–Kier alpha value is -8.26. The molecule has 0 N–H and O–H groups in total. The Labute approximate surface area is 367 Å². The van der Waals surface area contributed by atoms with Crippen LogP contribution in [0.2, 0.25) is 0 Å². The second kappa shape index (κ2) is 15.3. The monoisotopic (exact) mass is 799 g/mol. The smallest absolute Gasteiger partial charge is 0.0468 e. The summed E-state index contributed by atoms with van der Waals surface area (Å²) >= 11 is 0. The quantitative estimate of drug-likeness (QED) is 0.145. The van der Waals surface area contributed by atoms with Crippen LogP contribution in [0.1, 0.15) is 0 Å². The van der Waals surface area contributed by atoms with Crippen molar-refractivity contribution >= 4 is 70.9 Å². The lowest BCUT2D eigenvalue weighted by molar-refractivity contribution is 1.28. The van der Waals surface area contributed by atoms with E-state index in [9.17, 15) is 0 Å². The first-order valence-electron chi connectivity index (χ1n) is 21.7. The van der Waals surface area contributed by atoms with Crippen molar-refractivity contribution in [2.75, 3.05) is 4.90 Å². The van der Waals surface area contributed by atoms with Crippen molar-refractivity contribution in [1.82, 2.24) is 0 Å². The minimum Gasteiger partial charge on any atom is -0.310 e. The molecule has 0 aliphatic carbocycles. The Morgan fingerprint density at radius 2 is 0.683 bits per heavy atom. The van der Waals surface area contributed by atoms with Gasteiger partial charge < -0.3 is 4.90 Å². The van der Waals surface area contributed by atoms with Gasteiger partial charge in [0.05, 0.1) is 0 Å². The molecule has 0 atom stereocenters. The van der Waals surface area contributed by atoms with Gasteiger partial charge in [0.25, 0.3) is 0 Å². The molecular weight excluding hydrogens is 759 g/mol. The molecule has 12 aromatic carbocycles. The number of rotatable bonds is 7. The second-order valence-corrected chi connectivity index (χ2v) is 16.4. The minimum atomic E-state index is 1.09. The van der Waals surface area contributed by atoms with Crippen molar-refractivity contribution in [1.29, 1.82) is 0 Å². The summed E-state index contributed by atoms with van der Waals surface area (Å²) in [5.41, 5.74) is 12.8. The zero-order valence-electron chi connectivity index (χ0n) is 34.6. The average Bonchev–Trinajstić information content (AvgIpc) is 3.36. The molecule has 0 heterocycles. The van der Waals surface area contributed by atoms with Gasteiger partial charge >= 0.3 is 0 Å². The zero-order chi connectivity index (χ0) is 41.7. The van der Waals surface area contributed by atoms with E-state index >= 15 is 0 Å². The standard InChI is InChI=1S/C62H41N/c1-3-15-42(16-4-1)46-21-13-22-49(39-46)63(48-32-29-45(30-33-48)61-40-47-20-8-10-24-52(47)53-25-11-12-26-56(53)61)50-34-36-60(62(41-50)43-17-5-2-6-18-43)55-28-14-27-54-58-35-31-44-19-7-9-23-51(44)57(58)37-38-59(54)55/h1-41H. The number of fused-ring (bicyclic) bond motifs is 8. The van der Waals surface area contributed by atoms with E-state index in [2.05, 4.69) is 254 Å². The van der Waals surface area contributed by atoms with E-state index in [1.807, 2.05) is 0 Å². The van der Waals surface area contributed by atoms with Crippen LogP contribution >= 0.6 is 0 Å². The molecule has 0 aliphatic rings. The van der Waals surface area contributed by atoms with Crippen molar-refractivity contribution in [3.63, 3.8) is 0 Å². The van der Waals surface area contributed by atoms with Gasteiger partial charge in [0.15, 0.2) is 0 Å². The maximum atomic E-state index is 2.41. The van der Waals surface area contributed by atoms with E-state index in [-0.39, 0.29) is 0 Å². The highest BCUT2D eigenvalue weighted by Crippen LogP contribution is 2.45. The van der Waals surface area contributed by atoms with Crippen molar-refractivity contribution < 1.29 is 0 Å². The van der Waals surface area contributed by atoms with Crippen molar-refractivity contribution in [2.24, 2.45) is 0 Å². The number of anilines is 3. The Morgan fingerprint density at radius 1 is 0.190 bits per heavy atom. The van der Waals surface area contributed by atoms with Gasteiger partial charge in [-0.05, 0) is 141 Å². The van der Waals surface area contributed by atoms with Crippen LogP contribution in [-0.2, 0) is 0 Å². The van der Waals surface area contributed by atoms with Crippen molar-refractivity contribution in [3.8, 4) is 44.5 Å². The van der Waals surface area contributed by atoms with Gasteiger partial charge in [-0.25, -0.2) is 0 Å². The molecule has 0 aromatic heterocycles. The molecule has 0 spiro atoms. The largest absolute Gasteiger partial charge is 0.310 e. The van der Waals surface area contributed by atoms with Crippen molar-refractivity contribution in [2.45, 2.75) is 0 Å². The molecule has 12 rings (SSSR count). The highest BCUT2D eigenvalue weighted by atomic mass is 15.1. The lowest BCUT2D eigenvalue weighted by Crippen LogP contribution is -2.10. The number of hydrogen-bond donors (Lipinski definition) is 0. The third-order valence-corrected chi connectivity index (χ3v) is 12.8. The van der Waals surface area contributed by atoms with Gasteiger partial charge in [-0.2, -0.15) is 0 Å². The van der Waals surface area contributed by atoms with E-state index < -0.39 is 0 Å². The second-order valence-electron chi connectivity index (χ2n) is 16.4. The molecule has 12 aromatic rings. The molecule has 1 heteroatoms. The third-order valence-electron chi connectivity index (χ3n) is 12.8. The average molecular weight is 800 g/mol. The van der Waals surface area contributed by atoms with E-state index in [0.717, 1.165) is 17.1 Å². The van der Waals surface area contributed by atoms with E-state index in [1.165, 1.54) is 98.4 Å².